The van der Waals surface area contributed by atoms with Crippen LogP contribution in [0.25, 0.3) is 0 Å². The van der Waals surface area contributed by atoms with E-state index in [9.17, 15) is 19.2 Å². The highest BCUT2D eigenvalue weighted by molar-refractivity contribution is 7.17. The summed E-state index contributed by atoms with van der Waals surface area (Å²) >= 11 is 0.782. The van der Waals surface area contributed by atoms with Crippen LogP contribution in [-0.2, 0) is 19.2 Å². The number of carbonyl (C=O) groups is 4. The number of carboxylic acids is 1. The minimum absolute atomic E-state index is 0.0237. The normalized spacial score (nSPS) is 10.6. The summed E-state index contributed by atoms with van der Waals surface area (Å²) in [5.41, 5.74) is 8.41. The van der Waals surface area contributed by atoms with Crippen molar-refractivity contribution in [3.05, 3.63) is 10.7 Å². The highest BCUT2D eigenvalue weighted by Gasteiger charge is 2.21. The molecule has 0 unspecified atom stereocenters. The number of nitrogens with zero attached hydrogens (tertiary/aromatic N) is 2. The number of nitrogens with one attached hydrogen (secondary N) is 2. The van der Waals surface area contributed by atoms with Crippen molar-refractivity contribution in [3.8, 4) is 0 Å². The number of anilines is 1. The zero-order chi connectivity index (χ0) is 15.8. The zero-order valence-corrected chi connectivity index (χ0v) is 11.0. The van der Waals surface area contributed by atoms with Crippen LogP contribution in [0, 0.1) is 0 Å². The van der Waals surface area contributed by atoms with Crippen molar-refractivity contribution in [1.82, 2.24) is 15.8 Å². The van der Waals surface area contributed by atoms with Gasteiger partial charge in [-0.25, -0.2) is 9.78 Å². The molecular formula is C9H9N5O6S. The molecule has 1 aromatic rings. The topological polar surface area (TPSA) is 173 Å². The van der Waals surface area contributed by atoms with E-state index in [-0.39, 0.29) is 22.1 Å². The minimum Gasteiger partial charge on any atom is -0.476 e. The summed E-state index contributed by atoms with van der Waals surface area (Å²) in [5, 5.41) is 12.2. The van der Waals surface area contributed by atoms with Crippen LogP contribution in [0.2, 0.25) is 0 Å². The van der Waals surface area contributed by atoms with E-state index in [0.717, 1.165) is 11.3 Å². The number of thiazole rings is 1. The fourth-order valence-electron chi connectivity index (χ4n) is 1.05. The van der Waals surface area contributed by atoms with Crippen molar-refractivity contribution in [1.29, 1.82) is 0 Å². The molecule has 0 spiro atoms. The van der Waals surface area contributed by atoms with Gasteiger partial charge >= 0.3 is 5.97 Å². The lowest BCUT2D eigenvalue weighted by Crippen LogP contribution is -2.38. The molecule has 0 aliphatic heterocycles. The van der Waals surface area contributed by atoms with Crippen LogP contribution in [0.15, 0.2) is 5.16 Å². The lowest BCUT2D eigenvalue weighted by molar-refractivity contribution is -0.130. The molecule has 0 aromatic carbocycles. The molecule has 0 bridgehead atoms. The maximum Gasteiger partial charge on any atom is 0.360 e. The van der Waals surface area contributed by atoms with Gasteiger partial charge in [0, 0.05) is 0 Å². The Morgan fingerprint density at radius 1 is 1.48 bits per heavy atom. The van der Waals surface area contributed by atoms with Gasteiger partial charge in [0.25, 0.3) is 5.91 Å². The van der Waals surface area contributed by atoms with Gasteiger partial charge in [0.1, 0.15) is 10.7 Å². The number of nitrogens with two attached hydrogens (primary N) is 1. The number of hydrogen-bond acceptors (Lipinski definition) is 9. The fraction of sp³-hybridized carbons (Fsp3) is 0.111. The SMILES string of the molecule is Nc1sc(C=O)nc1C(=NOCC(=O)NNC=O)C(=O)O. The standard InChI is InChI=1S/C9H9N5O6S/c10-8-6(12-5(1-15)21-8)7(9(18)19)14-20-2-4(17)13-11-3-16/h1,3H,2,10H2,(H,11,16)(H,13,17)(H,18,19). The number of hydrogen-bond donors (Lipinski definition) is 4. The van der Waals surface area contributed by atoms with Crippen molar-refractivity contribution in [2.75, 3.05) is 12.3 Å². The Morgan fingerprint density at radius 3 is 2.71 bits per heavy atom. The predicted octanol–water partition coefficient (Wildman–Crippen LogP) is -1.88. The molecular weight excluding hydrogens is 306 g/mol. The Labute approximate surface area is 120 Å². The van der Waals surface area contributed by atoms with Gasteiger partial charge in [-0.1, -0.05) is 16.5 Å². The van der Waals surface area contributed by atoms with Gasteiger partial charge in [-0.05, 0) is 0 Å². The number of amides is 2. The number of aldehydes is 1. The quantitative estimate of drug-likeness (QED) is 0.245. The molecule has 112 valence electrons. The molecule has 0 atom stereocenters. The lowest BCUT2D eigenvalue weighted by atomic mass is 10.3. The van der Waals surface area contributed by atoms with Crippen LogP contribution in [0.4, 0.5) is 5.00 Å². The van der Waals surface area contributed by atoms with Crippen molar-refractivity contribution >= 4 is 46.6 Å². The van der Waals surface area contributed by atoms with E-state index in [0.29, 0.717) is 6.29 Å². The Bertz CT molecular complexity index is 597. The smallest absolute Gasteiger partial charge is 0.360 e. The summed E-state index contributed by atoms with van der Waals surface area (Å²) in [6.07, 6.45) is 0.629. The maximum absolute atomic E-state index is 11.0. The zero-order valence-electron chi connectivity index (χ0n) is 10.2. The molecule has 0 saturated heterocycles. The third kappa shape index (κ3) is 4.54. The van der Waals surface area contributed by atoms with E-state index in [1.54, 1.807) is 0 Å². The minimum atomic E-state index is -1.50. The molecule has 0 aliphatic rings. The van der Waals surface area contributed by atoms with Gasteiger partial charge in [-0.2, -0.15) is 0 Å². The molecule has 21 heavy (non-hydrogen) atoms. The van der Waals surface area contributed by atoms with Gasteiger partial charge in [0.2, 0.25) is 12.1 Å². The molecule has 11 nitrogen and oxygen atoms in total. The average Bonchev–Trinajstić information content (AvgIpc) is 2.82. The summed E-state index contributed by atoms with van der Waals surface area (Å²) < 4.78 is 0. The molecule has 1 heterocycles. The van der Waals surface area contributed by atoms with Gasteiger partial charge in [0.15, 0.2) is 17.9 Å². The Morgan fingerprint density at radius 2 is 2.19 bits per heavy atom. The molecule has 5 N–H and O–H groups in total. The van der Waals surface area contributed by atoms with E-state index < -0.39 is 24.2 Å². The number of aromatic nitrogens is 1. The Balaban J connectivity index is 2.81. The third-order valence-electron chi connectivity index (χ3n) is 1.82. The maximum atomic E-state index is 11.0. The van der Waals surface area contributed by atoms with Crippen LogP contribution in [0.5, 0.6) is 0 Å². The summed E-state index contributed by atoms with van der Waals surface area (Å²) in [5.74, 6) is -2.27. The number of nitrogen functional groups attached to an aromatic ring is 1. The molecule has 0 saturated carbocycles. The van der Waals surface area contributed by atoms with Gasteiger partial charge in [0.05, 0.1) is 0 Å². The third-order valence-corrected chi connectivity index (χ3v) is 2.63. The second-order valence-corrected chi connectivity index (χ2v) is 4.27. The van der Waals surface area contributed by atoms with E-state index in [1.807, 2.05) is 10.9 Å². The number of aliphatic carboxylic acids is 1. The molecule has 0 radical (unpaired) electrons. The van der Waals surface area contributed by atoms with Crippen LogP contribution in [0.3, 0.4) is 0 Å². The summed E-state index contributed by atoms with van der Waals surface area (Å²) in [6.45, 7) is -0.651. The first-order valence-electron chi connectivity index (χ1n) is 5.12. The lowest BCUT2D eigenvalue weighted by Gasteiger charge is -2.02. The first-order chi connectivity index (χ1) is 9.99. The first-order valence-corrected chi connectivity index (χ1v) is 5.94. The van der Waals surface area contributed by atoms with Gasteiger partial charge < -0.3 is 15.7 Å². The van der Waals surface area contributed by atoms with Crippen molar-refractivity contribution < 1.29 is 29.1 Å². The molecule has 12 heteroatoms. The number of hydrazine groups is 1. The largest absolute Gasteiger partial charge is 0.476 e. The first kappa shape index (κ1) is 16.0. The molecule has 0 fully saturated rings. The monoisotopic (exact) mass is 315 g/mol. The van der Waals surface area contributed by atoms with Crippen LogP contribution < -0.4 is 16.6 Å². The number of oxime groups is 1. The van der Waals surface area contributed by atoms with E-state index in [1.165, 1.54) is 0 Å². The number of rotatable bonds is 8. The van der Waals surface area contributed by atoms with Crippen molar-refractivity contribution in [3.63, 3.8) is 0 Å². The van der Waals surface area contributed by atoms with Crippen LogP contribution in [0.1, 0.15) is 15.5 Å². The van der Waals surface area contributed by atoms with E-state index in [4.69, 9.17) is 10.8 Å². The van der Waals surface area contributed by atoms with Gasteiger partial charge in [-0.3, -0.25) is 25.2 Å². The summed E-state index contributed by atoms with van der Waals surface area (Å²) in [6, 6.07) is 0. The Kier molecular flexibility index (Phi) is 5.76. The molecule has 2 amide bonds. The fourth-order valence-corrected chi connectivity index (χ4v) is 1.70. The number of carboxylic acid groups (broad SMARTS) is 1. The second kappa shape index (κ2) is 7.54. The average molecular weight is 315 g/mol. The highest BCUT2D eigenvalue weighted by atomic mass is 32.1. The molecule has 0 aliphatic carbocycles. The van der Waals surface area contributed by atoms with E-state index >= 15 is 0 Å². The Hall–Kier alpha value is -3.02. The summed E-state index contributed by atoms with van der Waals surface area (Å²) in [7, 11) is 0. The van der Waals surface area contributed by atoms with Gasteiger partial charge in [-0.15, -0.1) is 0 Å². The second-order valence-electron chi connectivity index (χ2n) is 3.21. The van der Waals surface area contributed by atoms with Crippen LogP contribution >= 0.6 is 11.3 Å². The summed E-state index contributed by atoms with van der Waals surface area (Å²) in [4.78, 5) is 50.8. The highest BCUT2D eigenvalue weighted by Crippen LogP contribution is 2.20. The van der Waals surface area contributed by atoms with E-state index in [2.05, 4.69) is 15.0 Å². The van der Waals surface area contributed by atoms with Crippen LogP contribution in [-0.4, -0.2) is 47.0 Å². The van der Waals surface area contributed by atoms with Crippen molar-refractivity contribution in [2.45, 2.75) is 0 Å². The molecule has 1 aromatic heterocycles. The predicted molar refractivity (Wildman–Crippen MR) is 69.4 cm³/mol. The molecule has 1 rings (SSSR count). The van der Waals surface area contributed by atoms with Crippen molar-refractivity contribution in [2.24, 2.45) is 5.16 Å². The number of carbonyl (C=O) groups excluding carboxylic acids is 3.